The normalized spacial score (nSPS) is 17.3. The number of carbonyl (C=O) groups excluding carboxylic acids is 2. The highest BCUT2D eigenvalue weighted by Gasteiger charge is 2.26. The van der Waals surface area contributed by atoms with Gasteiger partial charge in [-0.3, -0.25) is 4.79 Å². The summed E-state index contributed by atoms with van der Waals surface area (Å²) < 4.78 is 5.49. The number of hydrogen-bond donors (Lipinski definition) is 3. The van der Waals surface area contributed by atoms with Crippen LogP contribution in [-0.4, -0.2) is 59.8 Å². The van der Waals surface area contributed by atoms with Gasteiger partial charge in [0.1, 0.15) is 6.04 Å². The molecule has 4 N–H and O–H groups in total. The largest absolute Gasteiger partial charge is 0.480 e. The Morgan fingerprint density at radius 1 is 1.38 bits per heavy atom. The molecule has 1 atom stereocenters. The predicted octanol–water partition coefficient (Wildman–Crippen LogP) is -0.0844. The Bertz CT molecular complexity index is 380. The SMILES string of the molecule is CCOC1CCN(C(=O)NC(CCC(N)=O)C(=O)O)CC1. The quantitative estimate of drug-likeness (QED) is 0.607. The van der Waals surface area contributed by atoms with Crippen molar-refractivity contribution in [3.63, 3.8) is 0 Å². The summed E-state index contributed by atoms with van der Waals surface area (Å²) in [7, 11) is 0. The zero-order valence-corrected chi connectivity index (χ0v) is 12.2. The molecule has 0 radical (unpaired) electrons. The van der Waals surface area contributed by atoms with Gasteiger partial charge in [-0.1, -0.05) is 0 Å². The van der Waals surface area contributed by atoms with Crippen molar-refractivity contribution in [2.75, 3.05) is 19.7 Å². The van der Waals surface area contributed by atoms with E-state index in [1.165, 1.54) is 0 Å². The van der Waals surface area contributed by atoms with Crippen LogP contribution >= 0.6 is 0 Å². The number of aliphatic carboxylic acids is 1. The van der Waals surface area contributed by atoms with E-state index in [0.717, 1.165) is 12.8 Å². The third-order valence-corrected chi connectivity index (χ3v) is 3.41. The Morgan fingerprint density at radius 2 is 2.00 bits per heavy atom. The molecule has 0 aliphatic carbocycles. The lowest BCUT2D eigenvalue weighted by atomic mass is 10.1. The zero-order chi connectivity index (χ0) is 15.8. The van der Waals surface area contributed by atoms with Crippen LogP contribution in [0.15, 0.2) is 0 Å². The Labute approximate surface area is 123 Å². The molecule has 1 aliphatic heterocycles. The van der Waals surface area contributed by atoms with Gasteiger partial charge in [0.05, 0.1) is 6.10 Å². The summed E-state index contributed by atoms with van der Waals surface area (Å²) in [6.07, 6.45) is 1.54. The molecule has 0 saturated carbocycles. The minimum Gasteiger partial charge on any atom is -0.480 e. The highest BCUT2D eigenvalue weighted by Crippen LogP contribution is 2.14. The molecule has 1 saturated heterocycles. The van der Waals surface area contributed by atoms with Crippen molar-refractivity contribution < 1.29 is 24.2 Å². The van der Waals surface area contributed by atoms with Gasteiger partial charge in [-0.15, -0.1) is 0 Å². The van der Waals surface area contributed by atoms with Gasteiger partial charge in [0.2, 0.25) is 5.91 Å². The minimum atomic E-state index is -1.17. The molecule has 1 aliphatic rings. The van der Waals surface area contributed by atoms with Crippen LogP contribution in [0, 0.1) is 0 Å². The number of rotatable bonds is 7. The van der Waals surface area contributed by atoms with Crippen molar-refractivity contribution in [1.29, 1.82) is 0 Å². The number of piperidine rings is 1. The van der Waals surface area contributed by atoms with E-state index in [-0.39, 0.29) is 18.9 Å². The molecule has 1 unspecified atom stereocenters. The second-order valence-electron chi connectivity index (χ2n) is 4.99. The summed E-state index contributed by atoms with van der Waals surface area (Å²) >= 11 is 0. The van der Waals surface area contributed by atoms with Gasteiger partial charge in [-0.25, -0.2) is 9.59 Å². The molecule has 0 aromatic heterocycles. The number of nitrogens with zero attached hydrogens (tertiary/aromatic N) is 1. The summed E-state index contributed by atoms with van der Waals surface area (Å²) in [5, 5.41) is 11.5. The van der Waals surface area contributed by atoms with Gasteiger partial charge >= 0.3 is 12.0 Å². The van der Waals surface area contributed by atoms with Crippen LogP contribution in [0.2, 0.25) is 0 Å². The third kappa shape index (κ3) is 5.99. The number of ether oxygens (including phenoxy) is 1. The average Bonchev–Trinajstić information content (AvgIpc) is 2.43. The number of amides is 3. The summed E-state index contributed by atoms with van der Waals surface area (Å²) in [5.74, 6) is -1.76. The molecule has 0 aromatic carbocycles. The van der Waals surface area contributed by atoms with E-state index in [1.54, 1.807) is 4.90 Å². The van der Waals surface area contributed by atoms with Crippen molar-refractivity contribution in [1.82, 2.24) is 10.2 Å². The number of carboxylic acid groups (broad SMARTS) is 1. The second kappa shape index (κ2) is 8.46. The van der Waals surface area contributed by atoms with Gasteiger partial charge in [0.25, 0.3) is 0 Å². The van der Waals surface area contributed by atoms with Crippen LogP contribution in [0.3, 0.4) is 0 Å². The fraction of sp³-hybridized carbons (Fsp3) is 0.769. The molecule has 1 heterocycles. The number of hydrogen-bond acceptors (Lipinski definition) is 4. The Kier molecular flexibility index (Phi) is 6.93. The number of likely N-dealkylation sites (tertiary alicyclic amines) is 1. The molecule has 3 amide bonds. The Hall–Kier alpha value is -1.83. The Balaban J connectivity index is 2.43. The van der Waals surface area contributed by atoms with Gasteiger partial charge in [-0.2, -0.15) is 0 Å². The van der Waals surface area contributed by atoms with E-state index in [9.17, 15) is 14.4 Å². The van der Waals surface area contributed by atoms with Crippen molar-refractivity contribution in [3.05, 3.63) is 0 Å². The van der Waals surface area contributed by atoms with E-state index < -0.39 is 23.9 Å². The monoisotopic (exact) mass is 301 g/mol. The van der Waals surface area contributed by atoms with Crippen molar-refractivity contribution >= 4 is 17.9 Å². The van der Waals surface area contributed by atoms with Crippen molar-refractivity contribution in [2.45, 2.75) is 44.8 Å². The molecule has 0 spiro atoms. The van der Waals surface area contributed by atoms with E-state index in [2.05, 4.69) is 5.32 Å². The molecule has 0 bridgehead atoms. The third-order valence-electron chi connectivity index (χ3n) is 3.41. The second-order valence-corrected chi connectivity index (χ2v) is 4.99. The fourth-order valence-electron chi connectivity index (χ4n) is 2.25. The molecule has 0 aromatic rings. The standard InChI is InChI=1S/C13H23N3O5/c1-2-21-9-5-7-16(8-6-9)13(20)15-10(12(18)19)3-4-11(14)17/h9-10H,2-8H2,1H3,(H2,14,17)(H,15,20)(H,18,19). The maximum absolute atomic E-state index is 12.0. The van der Waals surface area contributed by atoms with Crippen LogP contribution in [0.5, 0.6) is 0 Å². The molecule has 1 rings (SSSR count). The summed E-state index contributed by atoms with van der Waals surface area (Å²) in [6, 6.07) is -1.53. The Morgan fingerprint density at radius 3 is 2.48 bits per heavy atom. The number of nitrogens with two attached hydrogens (primary N) is 1. The maximum Gasteiger partial charge on any atom is 0.326 e. The van der Waals surface area contributed by atoms with Crippen molar-refractivity contribution in [2.24, 2.45) is 5.73 Å². The smallest absolute Gasteiger partial charge is 0.326 e. The first kappa shape index (κ1) is 17.2. The molecular formula is C13H23N3O5. The molecule has 120 valence electrons. The summed E-state index contributed by atoms with van der Waals surface area (Å²) in [4.78, 5) is 35.3. The first-order valence-corrected chi connectivity index (χ1v) is 7.12. The molecule has 21 heavy (non-hydrogen) atoms. The van der Waals surface area contributed by atoms with Crippen LogP contribution in [0.4, 0.5) is 4.79 Å². The van der Waals surface area contributed by atoms with Crippen molar-refractivity contribution in [3.8, 4) is 0 Å². The number of carboxylic acids is 1. The van der Waals surface area contributed by atoms with Crippen LogP contribution < -0.4 is 11.1 Å². The molecule has 8 nitrogen and oxygen atoms in total. The topological polar surface area (TPSA) is 122 Å². The van der Waals surface area contributed by atoms with Gasteiger partial charge in [0.15, 0.2) is 0 Å². The van der Waals surface area contributed by atoms with E-state index in [1.807, 2.05) is 6.92 Å². The number of urea groups is 1. The van der Waals surface area contributed by atoms with E-state index >= 15 is 0 Å². The maximum atomic E-state index is 12.0. The average molecular weight is 301 g/mol. The van der Waals surface area contributed by atoms with E-state index in [0.29, 0.717) is 19.7 Å². The lowest BCUT2D eigenvalue weighted by Gasteiger charge is -2.32. The first-order valence-electron chi connectivity index (χ1n) is 7.12. The number of carbonyl (C=O) groups is 3. The molecule has 1 fully saturated rings. The van der Waals surface area contributed by atoms with Gasteiger partial charge in [-0.05, 0) is 26.2 Å². The fourth-order valence-corrected chi connectivity index (χ4v) is 2.25. The predicted molar refractivity (Wildman–Crippen MR) is 74.6 cm³/mol. The van der Waals surface area contributed by atoms with Crippen LogP contribution in [0.1, 0.15) is 32.6 Å². The number of primary amides is 1. The highest BCUT2D eigenvalue weighted by molar-refractivity contribution is 5.83. The van der Waals surface area contributed by atoms with Gasteiger partial charge < -0.3 is 25.8 Å². The minimum absolute atomic E-state index is 0.00812. The zero-order valence-electron chi connectivity index (χ0n) is 12.2. The number of nitrogens with one attached hydrogen (secondary N) is 1. The lowest BCUT2D eigenvalue weighted by Crippen LogP contribution is -2.51. The van der Waals surface area contributed by atoms with E-state index in [4.69, 9.17) is 15.6 Å². The van der Waals surface area contributed by atoms with Crippen LogP contribution in [0.25, 0.3) is 0 Å². The lowest BCUT2D eigenvalue weighted by molar-refractivity contribution is -0.139. The summed E-state index contributed by atoms with van der Waals surface area (Å²) in [6.45, 7) is 3.62. The molecule has 8 heteroatoms. The highest BCUT2D eigenvalue weighted by atomic mass is 16.5. The first-order chi connectivity index (χ1) is 9.93. The summed E-state index contributed by atoms with van der Waals surface area (Å²) in [5.41, 5.74) is 4.99. The van der Waals surface area contributed by atoms with Gasteiger partial charge in [0, 0.05) is 26.1 Å². The molecular weight excluding hydrogens is 278 g/mol. The van der Waals surface area contributed by atoms with Crippen LogP contribution in [-0.2, 0) is 14.3 Å².